The van der Waals surface area contributed by atoms with Gasteiger partial charge in [0.1, 0.15) is 11.5 Å². The van der Waals surface area contributed by atoms with Crippen molar-refractivity contribution in [3.8, 4) is 11.5 Å². The summed E-state index contributed by atoms with van der Waals surface area (Å²) in [5.74, 6) is 1.33. The first-order chi connectivity index (χ1) is 8.24. The van der Waals surface area contributed by atoms with E-state index >= 15 is 0 Å². The third kappa shape index (κ3) is 2.53. The van der Waals surface area contributed by atoms with E-state index in [1.807, 2.05) is 20.0 Å². The van der Waals surface area contributed by atoms with Crippen LogP contribution in [-0.4, -0.2) is 22.0 Å². The van der Waals surface area contributed by atoms with Crippen molar-refractivity contribution in [2.45, 2.75) is 13.3 Å². The molecule has 0 amide bonds. The maximum absolute atomic E-state index is 6.09. The maximum atomic E-state index is 6.09. The van der Waals surface area contributed by atoms with E-state index in [9.17, 15) is 0 Å². The molecule has 0 aromatic carbocycles. The van der Waals surface area contributed by atoms with Gasteiger partial charge >= 0.3 is 0 Å². The molecule has 88 valence electrons. The first-order valence-electron chi connectivity index (χ1n) is 5.41. The zero-order valence-electron chi connectivity index (χ0n) is 9.74. The molecular formula is C12H13ClN4. The predicted molar refractivity (Wildman–Crippen MR) is 69.2 cm³/mol. The van der Waals surface area contributed by atoms with Gasteiger partial charge < -0.3 is 5.32 Å². The van der Waals surface area contributed by atoms with Gasteiger partial charge in [-0.25, -0.2) is 9.97 Å². The number of nitrogens with zero attached hydrogens (tertiary/aromatic N) is 3. The number of anilines is 1. The van der Waals surface area contributed by atoms with E-state index in [2.05, 4.69) is 20.3 Å². The van der Waals surface area contributed by atoms with Crippen molar-refractivity contribution < 1.29 is 0 Å². The average Bonchev–Trinajstić information content (AvgIpc) is 2.38. The van der Waals surface area contributed by atoms with E-state index in [1.54, 1.807) is 18.3 Å². The lowest BCUT2D eigenvalue weighted by Gasteiger charge is -2.07. The quantitative estimate of drug-likeness (QED) is 0.908. The summed E-state index contributed by atoms with van der Waals surface area (Å²) in [4.78, 5) is 13.0. The van der Waals surface area contributed by atoms with Crippen LogP contribution >= 0.6 is 11.6 Å². The molecule has 0 atom stereocenters. The summed E-state index contributed by atoms with van der Waals surface area (Å²) in [6, 6.07) is 5.49. The number of pyridine rings is 1. The van der Waals surface area contributed by atoms with Gasteiger partial charge in [-0.05, 0) is 18.6 Å². The highest BCUT2D eigenvalue weighted by molar-refractivity contribution is 6.32. The molecular weight excluding hydrogens is 236 g/mol. The number of aromatic nitrogens is 3. The highest BCUT2D eigenvalue weighted by Crippen LogP contribution is 2.23. The Hall–Kier alpha value is -1.68. The van der Waals surface area contributed by atoms with Gasteiger partial charge in [-0.2, -0.15) is 0 Å². The molecule has 0 bridgehead atoms. The minimum absolute atomic E-state index is 0.555. The van der Waals surface area contributed by atoms with E-state index in [1.165, 1.54) is 0 Å². The predicted octanol–water partition coefficient (Wildman–Crippen LogP) is 2.80. The molecule has 2 aromatic rings. The van der Waals surface area contributed by atoms with Crippen molar-refractivity contribution in [1.82, 2.24) is 15.0 Å². The Balaban J connectivity index is 2.55. The summed E-state index contributed by atoms with van der Waals surface area (Å²) in [6.07, 6.45) is 2.52. The molecule has 2 rings (SSSR count). The highest BCUT2D eigenvalue weighted by atomic mass is 35.5. The van der Waals surface area contributed by atoms with Gasteiger partial charge in [-0.3, -0.25) is 4.98 Å². The van der Waals surface area contributed by atoms with E-state index in [0.29, 0.717) is 16.5 Å². The number of nitrogens with one attached hydrogen (secondary N) is 1. The monoisotopic (exact) mass is 248 g/mol. The van der Waals surface area contributed by atoms with Gasteiger partial charge in [0.05, 0.1) is 5.02 Å². The van der Waals surface area contributed by atoms with Crippen LogP contribution in [0.3, 0.4) is 0 Å². The molecule has 2 heterocycles. The maximum Gasteiger partial charge on any atom is 0.181 e. The van der Waals surface area contributed by atoms with Crippen LogP contribution < -0.4 is 5.32 Å². The second-order valence-electron chi connectivity index (χ2n) is 3.51. The van der Waals surface area contributed by atoms with Gasteiger partial charge in [0.2, 0.25) is 0 Å². The van der Waals surface area contributed by atoms with Gasteiger partial charge in [0.15, 0.2) is 5.82 Å². The van der Waals surface area contributed by atoms with E-state index < -0.39 is 0 Å². The van der Waals surface area contributed by atoms with Crippen LogP contribution in [0.25, 0.3) is 11.5 Å². The largest absolute Gasteiger partial charge is 0.373 e. The van der Waals surface area contributed by atoms with Crippen LogP contribution in [0.1, 0.15) is 12.6 Å². The summed E-state index contributed by atoms with van der Waals surface area (Å²) < 4.78 is 0. The van der Waals surface area contributed by atoms with Crippen molar-refractivity contribution in [1.29, 1.82) is 0 Å². The molecule has 0 saturated heterocycles. The van der Waals surface area contributed by atoms with Gasteiger partial charge in [0, 0.05) is 25.0 Å². The van der Waals surface area contributed by atoms with Gasteiger partial charge in [0.25, 0.3) is 0 Å². The smallest absolute Gasteiger partial charge is 0.181 e. The number of halogens is 1. The molecule has 4 nitrogen and oxygen atoms in total. The fraction of sp³-hybridized carbons (Fsp3) is 0.250. The molecule has 0 fully saturated rings. The molecule has 0 radical (unpaired) electrons. The summed E-state index contributed by atoms with van der Waals surface area (Å²) in [5.41, 5.74) is 1.57. The van der Waals surface area contributed by atoms with Crippen molar-refractivity contribution in [3.05, 3.63) is 35.1 Å². The van der Waals surface area contributed by atoms with Crippen LogP contribution in [0.15, 0.2) is 24.4 Å². The number of aryl methyl sites for hydroxylation is 1. The number of hydrogen-bond acceptors (Lipinski definition) is 4. The first kappa shape index (κ1) is 11.8. The number of hydrogen-bond donors (Lipinski definition) is 1. The molecule has 0 aliphatic carbocycles. The zero-order valence-corrected chi connectivity index (χ0v) is 10.5. The van der Waals surface area contributed by atoms with Crippen molar-refractivity contribution in [2.75, 3.05) is 12.4 Å². The zero-order chi connectivity index (χ0) is 12.3. The van der Waals surface area contributed by atoms with Crippen LogP contribution in [0.4, 0.5) is 5.82 Å². The topological polar surface area (TPSA) is 50.7 Å². The van der Waals surface area contributed by atoms with Crippen LogP contribution in [-0.2, 0) is 6.42 Å². The Morgan fingerprint density at radius 2 is 2.18 bits per heavy atom. The molecule has 2 aromatic heterocycles. The minimum Gasteiger partial charge on any atom is -0.373 e. The van der Waals surface area contributed by atoms with Crippen LogP contribution in [0.5, 0.6) is 0 Å². The van der Waals surface area contributed by atoms with Gasteiger partial charge in [-0.15, -0.1) is 0 Å². The van der Waals surface area contributed by atoms with Crippen molar-refractivity contribution in [3.63, 3.8) is 0 Å². The van der Waals surface area contributed by atoms with Gasteiger partial charge in [-0.1, -0.05) is 18.5 Å². The lowest BCUT2D eigenvalue weighted by atomic mass is 10.3. The summed E-state index contributed by atoms with van der Waals surface area (Å²) in [6.45, 7) is 2.05. The van der Waals surface area contributed by atoms with Crippen LogP contribution in [0.2, 0.25) is 5.02 Å². The Bertz CT molecular complexity index is 505. The van der Waals surface area contributed by atoms with Crippen molar-refractivity contribution in [2.24, 2.45) is 0 Å². The third-order valence-corrected chi connectivity index (χ3v) is 2.67. The molecule has 0 saturated carbocycles. The molecule has 17 heavy (non-hydrogen) atoms. The summed E-state index contributed by atoms with van der Waals surface area (Å²) >= 11 is 6.09. The Morgan fingerprint density at radius 1 is 1.35 bits per heavy atom. The van der Waals surface area contributed by atoms with Crippen LogP contribution in [0, 0.1) is 0 Å². The molecule has 0 aliphatic rings. The molecule has 5 heteroatoms. The lowest BCUT2D eigenvalue weighted by Crippen LogP contribution is -2.01. The summed E-state index contributed by atoms with van der Waals surface area (Å²) in [5, 5.41) is 3.57. The Morgan fingerprint density at radius 3 is 2.82 bits per heavy atom. The lowest BCUT2D eigenvalue weighted by molar-refractivity contribution is 0.998. The normalized spacial score (nSPS) is 10.3. The number of rotatable bonds is 3. The summed E-state index contributed by atoms with van der Waals surface area (Å²) in [7, 11) is 1.82. The average molecular weight is 249 g/mol. The van der Waals surface area contributed by atoms with Crippen molar-refractivity contribution >= 4 is 17.4 Å². The second-order valence-corrected chi connectivity index (χ2v) is 3.91. The highest BCUT2D eigenvalue weighted by Gasteiger charge is 2.09. The van der Waals surface area contributed by atoms with E-state index in [0.717, 1.165) is 17.9 Å². The second kappa shape index (κ2) is 5.10. The van der Waals surface area contributed by atoms with E-state index in [4.69, 9.17) is 11.6 Å². The Labute approximate surface area is 105 Å². The first-order valence-corrected chi connectivity index (χ1v) is 5.79. The van der Waals surface area contributed by atoms with E-state index in [-0.39, 0.29) is 0 Å². The minimum atomic E-state index is 0.555. The third-order valence-electron chi connectivity index (χ3n) is 2.37. The molecule has 0 aliphatic heterocycles. The molecule has 0 unspecified atom stereocenters. The molecule has 1 N–H and O–H groups in total. The fourth-order valence-electron chi connectivity index (χ4n) is 1.46. The Kier molecular flexibility index (Phi) is 3.54. The fourth-order valence-corrected chi connectivity index (χ4v) is 1.67. The standard InChI is InChI=1S/C12H13ClN4/c1-3-8-7-10(14-2)17-12(16-8)11-9(13)5-4-6-15-11/h4-7H,3H2,1-2H3,(H,14,16,17). The SMILES string of the molecule is CCc1cc(NC)nc(-c2ncccc2Cl)n1. The molecule has 0 spiro atoms.